The Labute approximate surface area is 208 Å². The highest BCUT2D eigenvalue weighted by molar-refractivity contribution is 5.51. The van der Waals surface area contributed by atoms with E-state index in [1.807, 2.05) is 0 Å². The lowest BCUT2D eigenvalue weighted by Crippen LogP contribution is -2.25. The van der Waals surface area contributed by atoms with E-state index in [4.69, 9.17) is 0 Å². The van der Waals surface area contributed by atoms with Crippen LogP contribution in [0.2, 0.25) is 0 Å². The average molecular weight is 479 g/mol. The van der Waals surface area contributed by atoms with Gasteiger partial charge in [0.15, 0.2) is 11.2 Å². The second-order valence-corrected chi connectivity index (χ2v) is 8.11. The van der Waals surface area contributed by atoms with Crippen LogP contribution < -0.4 is 0 Å². The zero-order valence-corrected chi connectivity index (χ0v) is 18.9. The van der Waals surface area contributed by atoms with Crippen molar-refractivity contribution in [3.63, 3.8) is 0 Å². The Morgan fingerprint density at radius 3 is 0.750 bits per heavy atom. The molecule has 0 heterocycles. The Bertz CT molecular complexity index is 1260. The van der Waals surface area contributed by atoms with E-state index in [-0.39, 0.29) is 23.0 Å². The predicted octanol–water partition coefficient (Wildman–Crippen LogP) is 3.69. The lowest BCUT2D eigenvalue weighted by Gasteiger charge is -2.24. The van der Waals surface area contributed by atoms with E-state index in [0.717, 1.165) is 0 Å². The summed E-state index contributed by atoms with van der Waals surface area (Å²) in [6.45, 7) is 0. The first-order valence-corrected chi connectivity index (χ1v) is 10.9. The van der Waals surface area contributed by atoms with Crippen LogP contribution in [-0.4, -0.2) is 30.6 Å². The Morgan fingerprint density at radius 1 is 0.361 bits per heavy atom. The SMILES string of the molecule is Oc1ccc(C(O)(C#CC#CC(O)(c2ccc(O)cc2)c2ccc(O)cc2)c2ccc(O)cc2)cc1. The molecule has 6 nitrogen and oxygen atoms in total. The Morgan fingerprint density at radius 2 is 0.556 bits per heavy atom. The minimum atomic E-state index is -1.83. The van der Waals surface area contributed by atoms with Gasteiger partial charge in [-0.15, -0.1) is 0 Å². The van der Waals surface area contributed by atoms with Crippen LogP contribution in [0.3, 0.4) is 0 Å². The van der Waals surface area contributed by atoms with E-state index in [9.17, 15) is 30.6 Å². The van der Waals surface area contributed by atoms with E-state index in [1.54, 1.807) is 0 Å². The number of benzene rings is 4. The molecule has 6 heteroatoms. The summed E-state index contributed by atoms with van der Waals surface area (Å²) in [5, 5.41) is 61.7. The number of aromatic hydroxyl groups is 4. The Hall–Kier alpha value is -4.88. The van der Waals surface area contributed by atoms with Crippen LogP contribution in [-0.2, 0) is 11.2 Å². The average Bonchev–Trinajstić information content (AvgIpc) is 2.88. The standard InChI is InChI=1S/C30H22O6/c31-25-11-3-21(4-12-25)29(35,22-5-13-26(32)14-6-22)19-1-2-20-30(36,23-7-15-27(33)16-8-23)24-9-17-28(34)18-10-24/h3-18,31-36H. The van der Waals surface area contributed by atoms with E-state index in [0.29, 0.717) is 22.3 Å². The van der Waals surface area contributed by atoms with Gasteiger partial charge in [-0.05, 0) is 72.2 Å². The van der Waals surface area contributed by atoms with Crippen molar-refractivity contribution in [2.75, 3.05) is 0 Å². The van der Waals surface area contributed by atoms with E-state index in [1.165, 1.54) is 97.1 Å². The van der Waals surface area contributed by atoms with Crippen molar-refractivity contribution in [2.24, 2.45) is 0 Å². The summed E-state index contributed by atoms with van der Waals surface area (Å²) in [7, 11) is 0. The summed E-state index contributed by atoms with van der Waals surface area (Å²) in [5.74, 6) is 10.8. The Balaban J connectivity index is 1.80. The third-order valence-electron chi connectivity index (χ3n) is 5.69. The predicted molar refractivity (Wildman–Crippen MR) is 134 cm³/mol. The minimum absolute atomic E-state index is 0.0208. The highest BCUT2D eigenvalue weighted by Crippen LogP contribution is 2.32. The molecule has 0 radical (unpaired) electrons. The van der Waals surface area contributed by atoms with Gasteiger partial charge in [0.25, 0.3) is 0 Å². The molecule has 0 bridgehead atoms. The molecule has 0 unspecified atom stereocenters. The monoisotopic (exact) mass is 478 g/mol. The van der Waals surface area contributed by atoms with Gasteiger partial charge in [0.05, 0.1) is 0 Å². The molecular weight excluding hydrogens is 456 g/mol. The van der Waals surface area contributed by atoms with Crippen molar-refractivity contribution < 1.29 is 30.6 Å². The highest BCUT2D eigenvalue weighted by atomic mass is 16.3. The maximum atomic E-state index is 11.5. The molecule has 0 aromatic heterocycles. The van der Waals surface area contributed by atoms with Crippen molar-refractivity contribution in [1.82, 2.24) is 0 Å². The quantitative estimate of drug-likeness (QED) is 0.249. The van der Waals surface area contributed by atoms with Gasteiger partial charge in [0.2, 0.25) is 0 Å². The Kier molecular flexibility index (Phi) is 6.58. The van der Waals surface area contributed by atoms with Gasteiger partial charge in [0, 0.05) is 22.3 Å². The molecule has 0 atom stereocenters. The molecule has 0 aliphatic heterocycles. The maximum Gasteiger partial charge on any atom is 0.177 e. The van der Waals surface area contributed by atoms with Gasteiger partial charge in [-0.25, -0.2) is 0 Å². The summed E-state index contributed by atoms with van der Waals surface area (Å²) in [6.07, 6.45) is 0. The summed E-state index contributed by atoms with van der Waals surface area (Å²) in [5.41, 5.74) is -2.18. The van der Waals surface area contributed by atoms with E-state index < -0.39 is 11.2 Å². The first-order valence-electron chi connectivity index (χ1n) is 10.9. The fourth-order valence-electron chi connectivity index (χ4n) is 3.68. The molecule has 36 heavy (non-hydrogen) atoms. The molecule has 6 N–H and O–H groups in total. The number of rotatable bonds is 4. The second kappa shape index (κ2) is 9.77. The van der Waals surface area contributed by atoms with Gasteiger partial charge < -0.3 is 30.6 Å². The fraction of sp³-hybridized carbons (Fsp3) is 0.0667. The van der Waals surface area contributed by atoms with Crippen LogP contribution in [0.25, 0.3) is 0 Å². The molecule has 0 saturated carbocycles. The van der Waals surface area contributed by atoms with Crippen LogP contribution in [0, 0.1) is 23.7 Å². The molecule has 0 spiro atoms. The van der Waals surface area contributed by atoms with Crippen LogP contribution >= 0.6 is 0 Å². The fourth-order valence-corrected chi connectivity index (χ4v) is 3.68. The summed E-state index contributed by atoms with van der Waals surface area (Å²) in [6, 6.07) is 23.5. The number of aliphatic hydroxyl groups is 2. The molecule has 0 saturated heterocycles. The molecule has 4 aromatic rings. The molecular formula is C30H22O6. The van der Waals surface area contributed by atoms with Crippen LogP contribution in [0.5, 0.6) is 23.0 Å². The van der Waals surface area contributed by atoms with Crippen molar-refractivity contribution in [2.45, 2.75) is 11.2 Å². The largest absolute Gasteiger partial charge is 0.508 e. The van der Waals surface area contributed by atoms with Crippen molar-refractivity contribution in [1.29, 1.82) is 0 Å². The van der Waals surface area contributed by atoms with Crippen LogP contribution in [0.1, 0.15) is 22.3 Å². The lowest BCUT2D eigenvalue weighted by atomic mass is 9.86. The molecule has 0 fully saturated rings. The van der Waals surface area contributed by atoms with Crippen LogP contribution in [0.15, 0.2) is 97.1 Å². The van der Waals surface area contributed by atoms with Crippen molar-refractivity contribution >= 4 is 0 Å². The van der Waals surface area contributed by atoms with E-state index in [2.05, 4.69) is 23.7 Å². The second-order valence-electron chi connectivity index (χ2n) is 8.11. The van der Waals surface area contributed by atoms with Gasteiger partial charge in [-0.3, -0.25) is 0 Å². The number of hydrogen-bond acceptors (Lipinski definition) is 6. The van der Waals surface area contributed by atoms with Gasteiger partial charge >= 0.3 is 0 Å². The number of phenols is 4. The summed E-state index contributed by atoms with van der Waals surface area (Å²) < 4.78 is 0. The first kappa shape index (κ1) is 24.3. The molecule has 0 amide bonds. The van der Waals surface area contributed by atoms with Crippen molar-refractivity contribution in [3.05, 3.63) is 119 Å². The summed E-state index contributed by atoms with van der Waals surface area (Å²) in [4.78, 5) is 0. The molecule has 178 valence electrons. The smallest absolute Gasteiger partial charge is 0.177 e. The highest BCUT2D eigenvalue weighted by Gasteiger charge is 2.31. The number of hydrogen-bond donors (Lipinski definition) is 6. The zero-order chi connectivity index (χ0) is 25.8. The zero-order valence-electron chi connectivity index (χ0n) is 18.9. The van der Waals surface area contributed by atoms with Gasteiger partial charge in [-0.2, -0.15) is 0 Å². The third kappa shape index (κ3) is 4.96. The molecule has 4 rings (SSSR count). The normalized spacial score (nSPS) is 11.1. The van der Waals surface area contributed by atoms with Crippen LogP contribution in [0.4, 0.5) is 0 Å². The van der Waals surface area contributed by atoms with Gasteiger partial charge in [-0.1, -0.05) is 48.5 Å². The molecule has 0 aliphatic rings. The summed E-state index contributed by atoms with van der Waals surface area (Å²) >= 11 is 0. The first-order chi connectivity index (χ1) is 17.2. The van der Waals surface area contributed by atoms with Gasteiger partial charge in [0.1, 0.15) is 23.0 Å². The molecule has 4 aromatic carbocycles. The maximum absolute atomic E-state index is 11.5. The third-order valence-corrected chi connectivity index (χ3v) is 5.69. The van der Waals surface area contributed by atoms with E-state index >= 15 is 0 Å². The lowest BCUT2D eigenvalue weighted by molar-refractivity contribution is 0.144. The van der Waals surface area contributed by atoms with Crippen molar-refractivity contribution in [3.8, 4) is 46.7 Å². The molecule has 0 aliphatic carbocycles. The minimum Gasteiger partial charge on any atom is -0.508 e. The topological polar surface area (TPSA) is 121 Å². The number of phenolic OH excluding ortho intramolecular Hbond substituents is 4.